The summed E-state index contributed by atoms with van der Waals surface area (Å²) in [7, 11) is -3.28. The fourth-order valence-electron chi connectivity index (χ4n) is 2.68. The Hall–Kier alpha value is -1.46. The van der Waals surface area contributed by atoms with Crippen LogP contribution >= 0.6 is 0 Å². The van der Waals surface area contributed by atoms with Crippen molar-refractivity contribution in [3.05, 3.63) is 36.2 Å². The van der Waals surface area contributed by atoms with Crippen molar-refractivity contribution in [1.29, 1.82) is 0 Å². The highest BCUT2D eigenvalue weighted by atomic mass is 32.2. The molecule has 0 radical (unpaired) electrons. The summed E-state index contributed by atoms with van der Waals surface area (Å²) in [5, 5.41) is 4.50. The molecule has 3 rings (SSSR count). The third-order valence-corrected chi connectivity index (χ3v) is 5.93. The van der Waals surface area contributed by atoms with Crippen molar-refractivity contribution in [2.45, 2.75) is 23.5 Å². The number of aromatic nitrogens is 1. The van der Waals surface area contributed by atoms with Crippen LogP contribution in [0.2, 0.25) is 0 Å². The van der Waals surface area contributed by atoms with Crippen molar-refractivity contribution in [3.8, 4) is 0 Å². The molecule has 100 valence electrons. The monoisotopic (exact) mass is 276 g/mol. The van der Waals surface area contributed by atoms with E-state index in [9.17, 15) is 8.42 Å². The molecule has 1 saturated heterocycles. The molecule has 1 unspecified atom stereocenters. The van der Waals surface area contributed by atoms with E-state index in [0.29, 0.717) is 17.9 Å². The molecule has 1 aromatic carbocycles. The maximum atomic E-state index is 12.7. The van der Waals surface area contributed by atoms with Crippen LogP contribution in [0.3, 0.4) is 0 Å². The molecule has 2 aromatic rings. The summed E-state index contributed by atoms with van der Waals surface area (Å²) in [5.74, 6) is 0. The molecule has 0 saturated carbocycles. The highest BCUT2D eigenvalue weighted by Crippen LogP contribution is 2.29. The summed E-state index contributed by atoms with van der Waals surface area (Å²) >= 11 is 0. The van der Waals surface area contributed by atoms with E-state index in [1.54, 1.807) is 24.5 Å². The Balaban J connectivity index is 2.25. The van der Waals surface area contributed by atoms with E-state index >= 15 is 0 Å². The van der Waals surface area contributed by atoms with Crippen LogP contribution in [-0.2, 0) is 9.84 Å². The Morgan fingerprint density at radius 2 is 2.16 bits per heavy atom. The number of aryl methyl sites for hydroxylation is 1. The first kappa shape index (κ1) is 12.6. The third kappa shape index (κ3) is 2.03. The molecule has 2 heterocycles. The highest BCUT2D eigenvalue weighted by molar-refractivity contribution is 7.92. The van der Waals surface area contributed by atoms with Crippen LogP contribution in [0.4, 0.5) is 0 Å². The fraction of sp³-hybridized carbons (Fsp3) is 0.357. The van der Waals surface area contributed by atoms with Crippen molar-refractivity contribution in [3.63, 3.8) is 0 Å². The summed E-state index contributed by atoms with van der Waals surface area (Å²) < 4.78 is 25.5. The maximum Gasteiger partial charge on any atom is 0.183 e. The Morgan fingerprint density at radius 1 is 1.32 bits per heavy atom. The van der Waals surface area contributed by atoms with Crippen LogP contribution in [0, 0.1) is 6.92 Å². The number of hydrogen-bond donors (Lipinski definition) is 1. The average Bonchev–Trinajstić information content (AvgIpc) is 2.93. The second-order valence-electron chi connectivity index (χ2n) is 4.97. The lowest BCUT2D eigenvalue weighted by Crippen LogP contribution is -2.24. The van der Waals surface area contributed by atoms with E-state index < -0.39 is 9.84 Å². The molecule has 0 aliphatic carbocycles. The van der Waals surface area contributed by atoms with Gasteiger partial charge in [-0.05, 0) is 31.5 Å². The van der Waals surface area contributed by atoms with E-state index in [4.69, 9.17) is 0 Å². The molecule has 0 amide bonds. The lowest BCUT2D eigenvalue weighted by atomic mass is 10.1. The van der Waals surface area contributed by atoms with Crippen molar-refractivity contribution >= 4 is 20.6 Å². The van der Waals surface area contributed by atoms with Gasteiger partial charge in [0.1, 0.15) is 0 Å². The number of hydrogen-bond acceptors (Lipinski definition) is 4. The zero-order valence-electron chi connectivity index (χ0n) is 10.8. The molecule has 1 atom stereocenters. The maximum absolute atomic E-state index is 12.7. The summed E-state index contributed by atoms with van der Waals surface area (Å²) in [4.78, 5) is 4.57. The quantitative estimate of drug-likeness (QED) is 0.906. The van der Waals surface area contributed by atoms with Gasteiger partial charge in [-0.15, -0.1) is 0 Å². The number of pyridine rings is 1. The van der Waals surface area contributed by atoms with Crippen LogP contribution in [0.1, 0.15) is 12.0 Å². The number of nitrogens with zero attached hydrogens (tertiary/aromatic N) is 1. The van der Waals surface area contributed by atoms with Crippen LogP contribution in [0.25, 0.3) is 10.8 Å². The predicted molar refractivity (Wildman–Crippen MR) is 74.9 cm³/mol. The Kier molecular flexibility index (Phi) is 3.03. The second-order valence-corrected chi connectivity index (χ2v) is 7.17. The van der Waals surface area contributed by atoms with Crippen LogP contribution in [0.15, 0.2) is 35.5 Å². The molecular weight excluding hydrogens is 260 g/mol. The topological polar surface area (TPSA) is 59.1 Å². The molecule has 1 fully saturated rings. The minimum atomic E-state index is -3.28. The number of nitrogens with one attached hydrogen (secondary N) is 1. The van der Waals surface area contributed by atoms with Crippen molar-refractivity contribution in [1.82, 2.24) is 10.3 Å². The molecule has 4 nitrogen and oxygen atoms in total. The number of rotatable bonds is 2. The van der Waals surface area contributed by atoms with Crippen LogP contribution in [0.5, 0.6) is 0 Å². The number of fused-ring (bicyclic) bond motifs is 1. The number of benzene rings is 1. The van der Waals surface area contributed by atoms with Crippen molar-refractivity contribution in [2.75, 3.05) is 13.1 Å². The average molecular weight is 276 g/mol. The van der Waals surface area contributed by atoms with E-state index in [1.165, 1.54) is 0 Å². The van der Waals surface area contributed by atoms with Crippen molar-refractivity contribution < 1.29 is 8.42 Å². The van der Waals surface area contributed by atoms with E-state index in [0.717, 1.165) is 22.9 Å². The molecule has 1 aromatic heterocycles. The van der Waals surface area contributed by atoms with E-state index in [2.05, 4.69) is 10.3 Å². The normalized spacial score (nSPS) is 19.9. The summed E-state index contributed by atoms with van der Waals surface area (Å²) in [6.45, 7) is 3.22. The highest BCUT2D eigenvalue weighted by Gasteiger charge is 2.31. The molecule has 19 heavy (non-hydrogen) atoms. The van der Waals surface area contributed by atoms with Gasteiger partial charge in [0.05, 0.1) is 10.1 Å². The van der Waals surface area contributed by atoms with E-state index in [1.807, 2.05) is 13.0 Å². The minimum Gasteiger partial charge on any atom is -0.315 e. The van der Waals surface area contributed by atoms with Gasteiger partial charge in [0.25, 0.3) is 0 Å². The zero-order chi connectivity index (χ0) is 13.5. The Labute approximate surface area is 112 Å². The SMILES string of the molecule is Cc1cncc2cccc(S(=O)(=O)C3CCNC3)c12. The molecule has 0 bridgehead atoms. The summed E-state index contributed by atoms with van der Waals surface area (Å²) in [6.07, 6.45) is 4.12. The van der Waals surface area contributed by atoms with E-state index in [-0.39, 0.29) is 5.25 Å². The standard InChI is InChI=1S/C14H16N2O2S/c1-10-7-16-8-11-3-2-4-13(14(10)11)19(17,18)12-5-6-15-9-12/h2-4,7-8,12,15H,5-6,9H2,1H3. The van der Waals surface area contributed by atoms with Gasteiger partial charge in [-0.1, -0.05) is 12.1 Å². The Bertz CT molecular complexity index is 714. The molecule has 1 aliphatic rings. The largest absolute Gasteiger partial charge is 0.315 e. The summed E-state index contributed by atoms with van der Waals surface area (Å²) in [6, 6.07) is 5.41. The lowest BCUT2D eigenvalue weighted by molar-refractivity contribution is 0.584. The number of sulfone groups is 1. The fourth-order valence-corrected chi connectivity index (χ4v) is 4.64. The second kappa shape index (κ2) is 4.58. The Morgan fingerprint density at radius 3 is 2.89 bits per heavy atom. The zero-order valence-corrected chi connectivity index (χ0v) is 11.6. The van der Waals surface area contributed by atoms with Gasteiger partial charge in [0, 0.05) is 29.7 Å². The first-order chi connectivity index (χ1) is 9.10. The molecule has 0 spiro atoms. The lowest BCUT2D eigenvalue weighted by Gasteiger charge is -2.14. The predicted octanol–water partition coefficient (Wildman–Crippen LogP) is 1.68. The van der Waals surface area contributed by atoms with Crippen LogP contribution < -0.4 is 5.32 Å². The summed E-state index contributed by atoms with van der Waals surface area (Å²) in [5.41, 5.74) is 0.905. The van der Waals surface area contributed by atoms with Gasteiger partial charge >= 0.3 is 0 Å². The van der Waals surface area contributed by atoms with Crippen molar-refractivity contribution in [2.24, 2.45) is 0 Å². The molecular formula is C14H16N2O2S. The van der Waals surface area contributed by atoms with Gasteiger partial charge in [-0.3, -0.25) is 4.98 Å². The smallest absolute Gasteiger partial charge is 0.183 e. The molecule has 1 N–H and O–H groups in total. The third-order valence-electron chi connectivity index (χ3n) is 3.70. The first-order valence-corrected chi connectivity index (χ1v) is 7.93. The van der Waals surface area contributed by atoms with Gasteiger partial charge in [-0.25, -0.2) is 8.42 Å². The van der Waals surface area contributed by atoms with Gasteiger partial charge in [0.15, 0.2) is 9.84 Å². The first-order valence-electron chi connectivity index (χ1n) is 6.38. The minimum absolute atomic E-state index is 0.314. The van der Waals surface area contributed by atoms with Gasteiger partial charge in [0.2, 0.25) is 0 Å². The molecule has 1 aliphatic heterocycles. The molecule has 5 heteroatoms. The van der Waals surface area contributed by atoms with Crippen LogP contribution in [-0.4, -0.2) is 31.7 Å². The van der Waals surface area contributed by atoms with Gasteiger partial charge in [-0.2, -0.15) is 0 Å². The van der Waals surface area contributed by atoms with Gasteiger partial charge < -0.3 is 5.32 Å².